The molecule has 1 unspecified atom stereocenters. The molecule has 0 saturated carbocycles. The van der Waals surface area contributed by atoms with Crippen molar-refractivity contribution < 1.29 is 4.79 Å². The van der Waals surface area contributed by atoms with E-state index in [1.807, 2.05) is 13.1 Å². The Kier molecular flexibility index (Phi) is 4.33. The Morgan fingerprint density at radius 1 is 1.44 bits per heavy atom. The van der Waals surface area contributed by atoms with Crippen LogP contribution >= 0.6 is 0 Å². The van der Waals surface area contributed by atoms with Crippen LogP contribution in [-0.2, 0) is 11.3 Å². The number of aryl methyl sites for hydroxylation is 1. The third kappa shape index (κ3) is 3.31. The van der Waals surface area contributed by atoms with E-state index in [0.29, 0.717) is 6.54 Å². The number of benzene rings is 1. The van der Waals surface area contributed by atoms with Gasteiger partial charge in [0.1, 0.15) is 0 Å². The number of nitrogens with one attached hydrogen (secondary N) is 2. The maximum Gasteiger partial charge on any atom is 0.241 e. The second-order valence-electron chi connectivity index (χ2n) is 4.89. The second kappa shape index (κ2) is 5.98. The summed E-state index contributed by atoms with van der Waals surface area (Å²) in [5, 5.41) is 6.48. The summed E-state index contributed by atoms with van der Waals surface area (Å²) >= 11 is 0. The minimum atomic E-state index is -0.0893. The molecule has 1 aliphatic rings. The molecule has 1 amide bonds. The van der Waals surface area contributed by atoms with Gasteiger partial charge in [-0.3, -0.25) is 4.79 Å². The van der Waals surface area contributed by atoms with Gasteiger partial charge in [-0.1, -0.05) is 29.8 Å². The second-order valence-corrected chi connectivity index (χ2v) is 4.89. The zero-order valence-corrected chi connectivity index (χ0v) is 11.1. The van der Waals surface area contributed by atoms with Crippen molar-refractivity contribution in [1.82, 2.24) is 15.5 Å². The summed E-state index contributed by atoms with van der Waals surface area (Å²) in [6.07, 6.45) is 0. The molecule has 1 heterocycles. The van der Waals surface area contributed by atoms with Gasteiger partial charge in [0.2, 0.25) is 5.91 Å². The zero-order chi connectivity index (χ0) is 13.0. The normalized spacial score (nSPS) is 19.6. The summed E-state index contributed by atoms with van der Waals surface area (Å²) < 4.78 is 0. The minimum Gasteiger partial charge on any atom is -0.340 e. The standard InChI is InChI=1S/C14H21N3O/c1-11-4-3-5-12(8-11)10-17(2)14(18)13-9-15-6-7-16-13/h3-5,8,13,15-16H,6-7,9-10H2,1-2H3. The first-order chi connectivity index (χ1) is 8.66. The van der Waals surface area contributed by atoms with Crippen molar-refractivity contribution in [2.45, 2.75) is 19.5 Å². The highest BCUT2D eigenvalue weighted by Gasteiger charge is 2.23. The van der Waals surface area contributed by atoms with Crippen LogP contribution in [0.3, 0.4) is 0 Å². The van der Waals surface area contributed by atoms with E-state index in [4.69, 9.17) is 0 Å². The number of hydrogen-bond donors (Lipinski definition) is 2. The zero-order valence-electron chi connectivity index (χ0n) is 11.1. The maximum atomic E-state index is 12.2. The van der Waals surface area contributed by atoms with Crippen LogP contribution in [0.25, 0.3) is 0 Å². The lowest BCUT2D eigenvalue weighted by Gasteiger charge is -2.28. The van der Waals surface area contributed by atoms with Gasteiger partial charge in [0.05, 0.1) is 6.04 Å². The first kappa shape index (κ1) is 13.1. The first-order valence-electron chi connectivity index (χ1n) is 6.41. The lowest BCUT2D eigenvalue weighted by molar-refractivity contribution is -0.132. The predicted molar refractivity (Wildman–Crippen MR) is 72.3 cm³/mol. The lowest BCUT2D eigenvalue weighted by atomic mass is 10.1. The molecule has 1 saturated heterocycles. The fraction of sp³-hybridized carbons (Fsp3) is 0.500. The van der Waals surface area contributed by atoms with E-state index in [0.717, 1.165) is 19.6 Å². The molecule has 1 fully saturated rings. The van der Waals surface area contributed by atoms with Crippen LogP contribution in [0.5, 0.6) is 0 Å². The Hall–Kier alpha value is -1.39. The van der Waals surface area contributed by atoms with Crippen LogP contribution in [0.4, 0.5) is 0 Å². The molecular weight excluding hydrogens is 226 g/mol. The molecule has 1 atom stereocenters. The Bertz CT molecular complexity index is 413. The molecule has 0 radical (unpaired) electrons. The third-order valence-electron chi connectivity index (χ3n) is 3.22. The maximum absolute atomic E-state index is 12.2. The van der Waals surface area contributed by atoms with Crippen LogP contribution in [0, 0.1) is 6.92 Å². The van der Waals surface area contributed by atoms with Gasteiger partial charge >= 0.3 is 0 Å². The van der Waals surface area contributed by atoms with E-state index in [2.05, 4.69) is 35.8 Å². The van der Waals surface area contributed by atoms with Gasteiger partial charge in [-0.2, -0.15) is 0 Å². The predicted octanol–water partition coefficient (Wildman–Crippen LogP) is 0.515. The molecule has 18 heavy (non-hydrogen) atoms. The van der Waals surface area contributed by atoms with Crippen molar-refractivity contribution >= 4 is 5.91 Å². The monoisotopic (exact) mass is 247 g/mol. The highest BCUT2D eigenvalue weighted by Crippen LogP contribution is 2.07. The summed E-state index contributed by atoms with van der Waals surface area (Å²) in [7, 11) is 1.86. The van der Waals surface area contributed by atoms with Gasteiger partial charge < -0.3 is 15.5 Å². The van der Waals surface area contributed by atoms with Crippen LogP contribution in [0.2, 0.25) is 0 Å². The van der Waals surface area contributed by atoms with E-state index < -0.39 is 0 Å². The molecule has 1 aliphatic heterocycles. The van der Waals surface area contributed by atoms with E-state index in [9.17, 15) is 4.79 Å². The Morgan fingerprint density at radius 2 is 2.28 bits per heavy atom. The van der Waals surface area contributed by atoms with Gasteiger partial charge in [-0.05, 0) is 12.5 Å². The van der Waals surface area contributed by atoms with Gasteiger partial charge in [0.25, 0.3) is 0 Å². The van der Waals surface area contributed by atoms with Crippen molar-refractivity contribution in [3.8, 4) is 0 Å². The summed E-state index contributed by atoms with van der Waals surface area (Å²) in [5.41, 5.74) is 2.40. The molecular formula is C14H21N3O. The fourth-order valence-electron chi connectivity index (χ4n) is 2.26. The molecule has 2 N–H and O–H groups in total. The molecule has 0 aromatic heterocycles. The molecule has 98 valence electrons. The van der Waals surface area contributed by atoms with Crippen LogP contribution in [0.15, 0.2) is 24.3 Å². The fourth-order valence-corrected chi connectivity index (χ4v) is 2.26. The number of carbonyl (C=O) groups excluding carboxylic acids is 1. The molecule has 2 rings (SSSR count). The van der Waals surface area contributed by atoms with E-state index in [-0.39, 0.29) is 11.9 Å². The topological polar surface area (TPSA) is 44.4 Å². The van der Waals surface area contributed by atoms with Crippen molar-refractivity contribution in [3.63, 3.8) is 0 Å². The Balaban J connectivity index is 1.94. The number of carbonyl (C=O) groups is 1. The summed E-state index contributed by atoms with van der Waals surface area (Å²) in [6.45, 7) is 5.24. The molecule has 4 nitrogen and oxygen atoms in total. The molecule has 1 aromatic rings. The van der Waals surface area contributed by atoms with Crippen LogP contribution in [0.1, 0.15) is 11.1 Å². The molecule has 0 bridgehead atoms. The number of amides is 1. The highest BCUT2D eigenvalue weighted by atomic mass is 16.2. The minimum absolute atomic E-state index is 0.0893. The first-order valence-corrected chi connectivity index (χ1v) is 6.41. The van der Waals surface area contributed by atoms with Gasteiger partial charge in [0.15, 0.2) is 0 Å². The quantitative estimate of drug-likeness (QED) is 0.818. The molecule has 0 spiro atoms. The number of rotatable bonds is 3. The van der Waals surface area contributed by atoms with Gasteiger partial charge in [-0.15, -0.1) is 0 Å². The third-order valence-corrected chi connectivity index (χ3v) is 3.22. The summed E-state index contributed by atoms with van der Waals surface area (Å²) in [4.78, 5) is 14.0. The van der Waals surface area contributed by atoms with Crippen molar-refractivity contribution in [1.29, 1.82) is 0 Å². The number of piperazine rings is 1. The molecule has 1 aromatic carbocycles. The average molecular weight is 247 g/mol. The van der Waals surface area contributed by atoms with Crippen molar-refractivity contribution in [3.05, 3.63) is 35.4 Å². The Labute approximate surface area is 108 Å². The molecule has 0 aliphatic carbocycles. The summed E-state index contributed by atoms with van der Waals surface area (Å²) in [5.74, 6) is 0.156. The van der Waals surface area contributed by atoms with Gasteiger partial charge in [0, 0.05) is 33.2 Å². The number of likely N-dealkylation sites (N-methyl/N-ethyl adjacent to an activating group) is 1. The number of nitrogens with zero attached hydrogens (tertiary/aromatic N) is 1. The largest absolute Gasteiger partial charge is 0.340 e. The average Bonchev–Trinajstić information content (AvgIpc) is 2.39. The highest BCUT2D eigenvalue weighted by molar-refractivity contribution is 5.82. The van der Waals surface area contributed by atoms with E-state index >= 15 is 0 Å². The SMILES string of the molecule is Cc1cccc(CN(C)C(=O)C2CNCCN2)c1. The summed E-state index contributed by atoms with van der Waals surface area (Å²) in [6, 6.07) is 8.19. The van der Waals surface area contributed by atoms with Crippen LogP contribution in [-0.4, -0.2) is 43.5 Å². The Morgan fingerprint density at radius 3 is 2.94 bits per heavy atom. The van der Waals surface area contributed by atoms with Crippen molar-refractivity contribution in [2.24, 2.45) is 0 Å². The number of hydrogen-bond acceptors (Lipinski definition) is 3. The van der Waals surface area contributed by atoms with Gasteiger partial charge in [-0.25, -0.2) is 0 Å². The molecule has 4 heteroatoms. The lowest BCUT2D eigenvalue weighted by Crippen LogP contribution is -2.55. The van der Waals surface area contributed by atoms with E-state index in [1.54, 1.807) is 4.90 Å². The van der Waals surface area contributed by atoms with Crippen LogP contribution < -0.4 is 10.6 Å². The smallest absolute Gasteiger partial charge is 0.241 e. The van der Waals surface area contributed by atoms with Crippen molar-refractivity contribution in [2.75, 3.05) is 26.7 Å². The van der Waals surface area contributed by atoms with E-state index in [1.165, 1.54) is 11.1 Å².